The Hall–Kier alpha value is -0.290. The minimum absolute atomic E-state index is 0.210. The van der Waals surface area contributed by atoms with E-state index in [-0.39, 0.29) is 6.04 Å². The maximum absolute atomic E-state index is 6.13. The van der Waals surface area contributed by atoms with E-state index in [1.54, 1.807) is 11.3 Å². The van der Waals surface area contributed by atoms with Crippen molar-refractivity contribution in [1.82, 2.24) is 0 Å². The highest BCUT2D eigenvalue weighted by atomic mass is 79.9. The standard InChI is InChI=1S/C13H14BrNS2/c14-12-3-1-2-4-13(12)17-9-11(15)7-10-5-6-16-8-10/h1-6,8,11H,7,9,15H2. The average Bonchev–Trinajstić information content (AvgIpc) is 2.81. The molecule has 0 saturated heterocycles. The van der Waals surface area contributed by atoms with Gasteiger partial charge in [-0.25, -0.2) is 0 Å². The van der Waals surface area contributed by atoms with Gasteiger partial charge in [-0.3, -0.25) is 0 Å². The van der Waals surface area contributed by atoms with Gasteiger partial charge in [-0.1, -0.05) is 12.1 Å². The number of thioether (sulfide) groups is 1. The third-order valence-electron chi connectivity index (χ3n) is 2.37. The van der Waals surface area contributed by atoms with Gasteiger partial charge in [0.15, 0.2) is 0 Å². The van der Waals surface area contributed by atoms with Crippen LogP contribution in [0.25, 0.3) is 0 Å². The van der Waals surface area contributed by atoms with Gasteiger partial charge in [0.25, 0.3) is 0 Å². The molecule has 0 fully saturated rings. The van der Waals surface area contributed by atoms with Crippen molar-refractivity contribution >= 4 is 39.0 Å². The second kappa shape index (κ2) is 6.59. The molecule has 1 nitrogen and oxygen atoms in total. The Morgan fingerprint density at radius 1 is 1.29 bits per heavy atom. The topological polar surface area (TPSA) is 26.0 Å². The van der Waals surface area contributed by atoms with Crippen molar-refractivity contribution in [3.05, 3.63) is 51.1 Å². The van der Waals surface area contributed by atoms with Gasteiger partial charge in [0.2, 0.25) is 0 Å². The molecule has 0 radical (unpaired) electrons. The molecule has 1 unspecified atom stereocenters. The van der Waals surface area contributed by atoms with E-state index in [2.05, 4.69) is 51.0 Å². The lowest BCUT2D eigenvalue weighted by atomic mass is 10.1. The maximum atomic E-state index is 6.13. The second-order valence-electron chi connectivity index (χ2n) is 3.84. The Bertz CT molecular complexity index is 456. The molecule has 2 aromatic rings. The van der Waals surface area contributed by atoms with Gasteiger partial charge in [0.05, 0.1) is 0 Å². The molecule has 1 aromatic heterocycles. The molecule has 17 heavy (non-hydrogen) atoms. The Balaban J connectivity index is 1.84. The van der Waals surface area contributed by atoms with Crippen LogP contribution in [0.3, 0.4) is 0 Å². The van der Waals surface area contributed by atoms with E-state index in [9.17, 15) is 0 Å². The van der Waals surface area contributed by atoms with E-state index in [1.165, 1.54) is 10.5 Å². The van der Waals surface area contributed by atoms with E-state index in [4.69, 9.17) is 5.73 Å². The Morgan fingerprint density at radius 2 is 2.12 bits per heavy atom. The summed E-state index contributed by atoms with van der Waals surface area (Å²) < 4.78 is 1.15. The predicted octanol–water partition coefficient (Wildman–Crippen LogP) is 4.17. The fourth-order valence-electron chi connectivity index (χ4n) is 1.53. The molecule has 0 amide bonds. The van der Waals surface area contributed by atoms with Gasteiger partial charge < -0.3 is 5.73 Å². The molecule has 1 atom stereocenters. The van der Waals surface area contributed by atoms with Gasteiger partial charge >= 0.3 is 0 Å². The van der Waals surface area contributed by atoms with Crippen LogP contribution in [0.15, 0.2) is 50.5 Å². The number of halogens is 1. The first-order valence-electron chi connectivity index (χ1n) is 5.39. The van der Waals surface area contributed by atoms with Crippen molar-refractivity contribution in [3.8, 4) is 0 Å². The molecular weight excluding hydrogens is 314 g/mol. The third-order valence-corrected chi connectivity index (χ3v) is 5.32. The van der Waals surface area contributed by atoms with E-state index in [0.29, 0.717) is 0 Å². The van der Waals surface area contributed by atoms with Crippen molar-refractivity contribution in [2.45, 2.75) is 17.4 Å². The van der Waals surface area contributed by atoms with Crippen LogP contribution in [-0.4, -0.2) is 11.8 Å². The SMILES string of the molecule is NC(CSc1ccccc1Br)Cc1ccsc1. The molecule has 0 saturated carbocycles. The van der Waals surface area contributed by atoms with Gasteiger partial charge in [0, 0.05) is 21.2 Å². The Morgan fingerprint density at radius 3 is 2.82 bits per heavy atom. The molecule has 4 heteroatoms. The van der Waals surface area contributed by atoms with Gasteiger partial charge in [-0.05, 0) is 56.9 Å². The lowest BCUT2D eigenvalue weighted by molar-refractivity contribution is 0.750. The smallest absolute Gasteiger partial charge is 0.0311 e. The van der Waals surface area contributed by atoms with Crippen LogP contribution in [0.2, 0.25) is 0 Å². The third kappa shape index (κ3) is 4.14. The van der Waals surface area contributed by atoms with Crippen molar-refractivity contribution in [3.63, 3.8) is 0 Å². The summed E-state index contributed by atoms with van der Waals surface area (Å²) in [6, 6.07) is 10.6. The zero-order valence-corrected chi connectivity index (χ0v) is 12.5. The summed E-state index contributed by atoms with van der Waals surface area (Å²) in [5.74, 6) is 0.943. The normalized spacial score (nSPS) is 12.6. The number of benzene rings is 1. The molecule has 90 valence electrons. The molecule has 0 aliphatic carbocycles. The first-order chi connectivity index (χ1) is 8.25. The summed E-state index contributed by atoms with van der Waals surface area (Å²) in [5.41, 5.74) is 7.47. The molecule has 0 spiro atoms. The summed E-state index contributed by atoms with van der Waals surface area (Å²) in [4.78, 5) is 1.26. The van der Waals surface area contributed by atoms with Crippen LogP contribution < -0.4 is 5.73 Å². The monoisotopic (exact) mass is 327 g/mol. The van der Waals surface area contributed by atoms with Gasteiger partial charge in [0.1, 0.15) is 0 Å². The van der Waals surface area contributed by atoms with Crippen molar-refractivity contribution in [2.24, 2.45) is 5.73 Å². The van der Waals surface area contributed by atoms with Crippen LogP contribution in [0, 0.1) is 0 Å². The van der Waals surface area contributed by atoms with Crippen molar-refractivity contribution in [2.75, 3.05) is 5.75 Å². The highest BCUT2D eigenvalue weighted by molar-refractivity contribution is 9.10. The van der Waals surface area contributed by atoms with Crippen LogP contribution in [0.1, 0.15) is 5.56 Å². The predicted molar refractivity (Wildman–Crippen MR) is 80.9 cm³/mol. The van der Waals surface area contributed by atoms with Crippen LogP contribution in [0.4, 0.5) is 0 Å². The number of nitrogens with two attached hydrogens (primary N) is 1. The van der Waals surface area contributed by atoms with Crippen LogP contribution in [0.5, 0.6) is 0 Å². The van der Waals surface area contributed by atoms with Crippen molar-refractivity contribution in [1.29, 1.82) is 0 Å². The van der Waals surface area contributed by atoms with Gasteiger partial charge in [-0.15, -0.1) is 11.8 Å². The summed E-state index contributed by atoms with van der Waals surface area (Å²) in [6.45, 7) is 0. The fourth-order valence-corrected chi connectivity index (χ4v) is 3.73. The summed E-state index contributed by atoms with van der Waals surface area (Å²) >= 11 is 7.08. The number of hydrogen-bond acceptors (Lipinski definition) is 3. The van der Waals surface area contributed by atoms with Crippen molar-refractivity contribution < 1.29 is 0 Å². The van der Waals surface area contributed by atoms with Gasteiger partial charge in [-0.2, -0.15) is 11.3 Å². The molecule has 1 aromatic carbocycles. The van der Waals surface area contributed by atoms with E-state index < -0.39 is 0 Å². The molecular formula is C13H14BrNS2. The fraction of sp³-hybridized carbons (Fsp3) is 0.231. The molecule has 0 bridgehead atoms. The number of thiophene rings is 1. The minimum Gasteiger partial charge on any atom is -0.327 e. The zero-order valence-electron chi connectivity index (χ0n) is 9.30. The lowest BCUT2D eigenvalue weighted by Gasteiger charge is -2.10. The average molecular weight is 328 g/mol. The quantitative estimate of drug-likeness (QED) is 0.834. The summed E-state index contributed by atoms with van der Waals surface area (Å²) in [7, 11) is 0. The first kappa shape index (κ1) is 13.1. The van der Waals surface area contributed by atoms with E-state index in [0.717, 1.165) is 16.6 Å². The highest BCUT2D eigenvalue weighted by Crippen LogP contribution is 2.27. The number of hydrogen-bond donors (Lipinski definition) is 1. The second-order valence-corrected chi connectivity index (χ2v) is 6.53. The molecule has 2 rings (SSSR count). The van der Waals surface area contributed by atoms with Crippen LogP contribution in [-0.2, 0) is 6.42 Å². The summed E-state index contributed by atoms with van der Waals surface area (Å²) in [5, 5.41) is 4.27. The minimum atomic E-state index is 0.210. The largest absolute Gasteiger partial charge is 0.327 e. The van der Waals surface area contributed by atoms with Crippen LogP contribution >= 0.6 is 39.0 Å². The Labute approximate surface area is 119 Å². The molecule has 2 N–H and O–H groups in total. The first-order valence-corrected chi connectivity index (χ1v) is 8.12. The highest BCUT2D eigenvalue weighted by Gasteiger charge is 2.06. The molecule has 0 aliphatic heterocycles. The maximum Gasteiger partial charge on any atom is 0.0311 e. The Kier molecular flexibility index (Phi) is 5.10. The lowest BCUT2D eigenvalue weighted by Crippen LogP contribution is -2.25. The molecule has 1 heterocycles. The number of rotatable bonds is 5. The van der Waals surface area contributed by atoms with E-state index in [1.807, 2.05) is 17.8 Å². The van der Waals surface area contributed by atoms with E-state index >= 15 is 0 Å². The molecule has 0 aliphatic rings. The summed E-state index contributed by atoms with van der Waals surface area (Å²) in [6.07, 6.45) is 0.959. The zero-order chi connectivity index (χ0) is 12.1.